The fourth-order valence-electron chi connectivity index (χ4n) is 3.75. The molecule has 1 saturated heterocycles. The van der Waals surface area contributed by atoms with E-state index in [9.17, 15) is 4.79 Å². The van der Waals surface area contributed by atoms with Gasteiger partial charge in [0.15, 0.2) is 11.4 Å². The molecule has 4 rings (SSSR count). The number of hydrogen-bond donors (Lipinski definition) is 0. The van der Waals surface area contributed by atoms with Crippen LogP contribution in [0.2, 0.25) is 0 Å². The first-order valence-corrected chi connectivity index (χ1v) is 10.6. The SMILES string of the molecule is CCOC(=O)c1ncc(-c2cnn(C3CCOCC3)c2)c(C)c1OCc1ccccc1. The van der Waals surface area contributed by atoms with Crippen molar-refractivity contribution in [3.05, 3.63) is 65.7 Å². The van der Waals surface area contributed by atoms with Gasteiger partial charge < -0.3 is 14.2 Å². The molecule has 31 heavy (non-hydrogen) atoms. The molecule has 2 aromatic heterocycles. The third-order valence-corrected chi connectivity index (χ3v) is 5.45. The summed E-state index contributed by atoms with van der Waals surface area (Å²) < 4.78 is 18.8. The summed E-state index contributed by atoms with van der Waals surface area (Å²) in [7, 11) is 0. The van der Waals surface area contributed by atoms with Gasteiger partial charge in [0.1, 0.15) is 6.61 Å². The van der Waals surface area contributed by atoms with Gasteiger partial charge in [0.2, 0.25) is 0 Å². The second-order valence-electron chi connectivity index (χ2n) is 7.52. The monoisotopic (exact) mass is 421 g/mol. The van der Waals surface area contributed by atoms with E-state index in [-0.39, 0.29) is 12.3 Å². The molecular weight excluding hydrogens is 394 g/mol. The van der Waals surface area contributed by atoms with Gasteiger partial charge in [0.05, 0.1) is 18.8 Å². The molecule has 1 aromatic carbocycles. The summed E-state index contributed by atoms with van der Waals surface area (Å²) in [5, 5.41) is 4.57. The number of rotatable bonds is 7. The van der Waals surface area contributed by atoms with Gasteiger partial charge in [0.25, 0.3) is 0 Å². The van der Waals surface area contributed by atoms with Gasteiger partial charge >= 0.3 is 5.97 Å². The van der Waals surface area contributed by atoms with Gasteiger partial charge in [-0.3, -0.25) is 4.68 Å². The average molecular weight is 421 g/mol. The maximum atomic E-state index is 12.5. The summed E-state index contributed by atoms with van der Waals surface area (Å²) in [6.07, 6.45) is 7.47. The van der Waals surface area contributed by atoms with Crippen LogP contribution < -0.4 is 4.74 Å². The Morgan fingerprint density at radius 3 is 2.71 bits per heavy atom. The van der Waals surface area contributed by atoms with Crippen LogP contribution in [0.5, 0.6) is 5.75 Å². The van der Waals surface area contributed by atoms with Crippen LogP contribution in [0.25, 0.3) is 11.1 Å². The first-order chi connectivity index (χ1) is 15.2. The summed E-state index contributed by atoms with van der Waals surface area (Å²) in [4.78, 5) is 16.9. The Hall–Kier alpha value is -3.19. The number of nitrogens with zero attached hydrogens (tertiary/aromatic N) is 3. The zero-order valence-corrected chi connectivity index (χ0v) is 17.9. The Bertz CT molecular complexity index is 1030. The lowest BCUT2D eigenvalue weighted by Gasteiger charge is -2.22. The molecule has 0 atom stereocenters. The molecule has 0 amide bonds. The number of benzene rings is 1. The van der Waals surface area contributed by atoms with Crippen LogP contribution in [-0.4, -0.2) is 40.6 Å². The van der Waals surface area contributed by atoms with E-state index in [0.717, 1.165) is 48.3 Å². The van der Waals surface area contributed by atoms with Crippen molar-refractivity contribution in [2.45, 2.75) is 39.3 Å². The van der Waals surface area contributed by atoms with Gasteiger partial charge in [-0.15, -0.1) is 0 Å². The zero-order chi connectivity index (χ0) is 21.6. The lowest BCUT2D eigenvalue weighted by Crippen LogP contribution is -2.19. The first kappa shape index (κ1) is 21.1. The topological polar surface area (TPSA) is 75.5 Å². The molecule has 7 heteroatoms. The van der Waals surface area contributed by atoms with Crippen LogP contribution in [-0.2, 0) is 16.1 Å². The van der Waals surface area contributed by atoms with Crippen LogP contribution in [0.1, 0.15) is 47.4 Å². The van der Waals surface area contributed by atoms with Gasteiger partial charge in [-0.1, -0.05) is 30.3 Å². The normalized spacial score (nSPS) is 14.4. The standard InChI is InChI=1S/C24H27N3O4/c1-3-30-24(28)22-23(31-16-18-7-5-4-6-8-18)17(2)21(14-25-22)19-13-26-27(15-19)20-9-11-29-12-10-20/h4-8,13-15,20H,3,9-12,16H2,1-2H3. The average Bonchev–Trinajstić information content (AvgIpc) is 3.29. The third kappa shape index (κ3) is 4.77. The summed E-state index contributed by atoms with van der Waals surface area (Å²) in [6.45, 7) is 5.83. The minimum absolute atomic E-state index is 0.191. The van der Waals surface area contributed by atoms with Crippen molar-refractivity contribution < 1.29 is 19.0 Å². The number of carbonyl (C=O) groups excluding carboxylic acids is 1. The molecule has 1 aliphatic rings. The highest BCUT2D eigenvalue weighted by molar-refractivity contribution is 5.92. The van der Waals surface area contributed by atoms with Crippen LogP contribution >= 0.6 is 0 Å². The lowest BCUT2D eigenvalue weighted by atomic mass is 10.0. The Morgan fingerprint density at radius 1 is 1.19 bits per heavy atom. The smallest absolute Gasteiger partial charge is 0.360 e. The van der Waals surface area contributed by atoms with Crippen LogP contribution in [0.3, 0.4) is 0 Å². The van der Waals surface area contributed by atoms with E-state index in [1.807, 2.05) is 54.3 Å². The summed E-state index contributed by atoms with van der Waals surface area (Å²) >= 11 is 0. The molecule has 3 aromatic rings. The van der Waals surface area contributed by atoms with Crippen molar-refractivity contribution in [1.82, 2.24) is 14.8 Å². The number of pyridine rings is 1. The van der Waals surface area contributed by atoms with E-state index in [1.54, 1.807) is 13.1 Å². The second-order valence-corrected chi connectivity index (χ2v) is 7.52. The quantitative estimate of drug-likeness (QED) is 0.528. The number of hydrogen-bond acceptors (Lipinski definition) is 6. The molecule has 0 aliphatic carbocycles. The highest BCUT2D eigenvalue weighted by Crippen LogP contribution is 2.33. The van der Waals surface area contributed by atoms with E-state index in [2.05, 4.69) is 10.1 Å². The minimum Gasteiger partial charge on any atom is -0.486 e. The van der Waals surface area contributed by atoms with Crippen LogP contribution in [0.15, 0.2) is 48.9 Å². The van der Waals surface area contributed by atoms with Gasteiger partial charge in [-0.05, 0) is 32.3 Å². The maximum Gasteiger partial charge on any atom is 0.360 e. The Balaban J connectivity index is 1.65. The van der Waals surface area contributed by atoms with Crippen molar-refractivity contribution in [2.24, 2.45) is 0 Å². The van der Waals surface area contributed by atoms with E-state index in [0.29, 0.717) is 18.4 Å². The summed E-state index contributed by atoms with van der Waals surface area (Å²) in [6, 6.07) is 10.2. The molecule has 162 valence electrons. The van der Waals surface area contributed by atoms with Crippen molar-refractivity contribution in [3.8, 4) is 16.9 Å². The zero-order valence-electron chi connectivity index (χ0n) is 17.9. The fourth-order valence-corrected chi connectivity index (χ4v) is 3.75. The number of aromatic nitrogens is 3. The highest BCUT2D eigenvalue weighted by Gasteiger charge is 2.23. The second kappa shape index (κ2) is 9.75. The Morgan fingerprint density at radius 2 is 1.97 bits per heavy atom. The van der Waals surface area contributed by atoms with Crippen molar-refractivity contribution in [1.29, 1.82) is 0 Å². The molecule has 0 N–H and O–H groups in total. The fraction of sp³-hybridized carbons (Fsp3) is 0.375. The maximum absolute atomic E-state index is 12.5. The van der Waals surface area contributed by atoms with Gasteiger partial charge in [-0.25, -0.2) is 9.78 Å². The molecule has 0 radical (unpaired) electrons. The van der Waals surface area contributed by atoms with Crippen molar-refractivity contribution in [3.63, 3.8) is 0 Å². The number of carbonyl (C=O) groups is 1. The third-order valence-electron chi connectivity index (χ3n) is 5.45. The Labute approximate surface area is 182 Å². The van der Waals surface area contributed by atoms with E-state index in [4.69, 9.17) is 14.2 Å². The molecule has 0 spiro atoms. The van der Waals surface area contributed by atoms with Crippen molar-refractivity contribution in [2.75, 3.05) is 19.8 Å². The van der Waals surface area contributed by atoms with Gasteiger partial charge in [-0.2, -0.15) is 5.10 Å². The molecule has 7 nitrogen and oxygen atoms in total. The lowest BCUT2D eigenvalue weighted by molar-refractivity contribution is 0.0513. The molecule has 0 unspecified atom stereocenters. The molecule has 0 bridgehead atoms. The number of ether oxygens (including phenoxy) is 3. The van der Waals surface area contributed by atoms with Crippen LogP contribution in [0.4, 0.5) is 0 Å². The number of esters is 1. The molecular formula is C24H27N3O4. The van der Waals surface area contributed by atoms with E-state index >= 15 is 0 Å². The molecule has 3 heterocycles. The summed E-state index contributed by atoms with van der Waals surface area (Å²) in [5.74, 6) is -0.0447. The molecule has 0 saturated carbocycles. The minimum atomic E-state index is -0.488. The van der Waals surface area contributed by atoms with E-state index < -0.39 is 5.97 Å². The predicted molar refractivity (Wildman–Crippen MR) is 116 cm³/mol. The molecule has 1 fully saturated rings. The molecule has 1 aliphatic heterocycles. The van der Waals surface area contributed by atoms with Crippen molar-refractivity contribution >= 4 is 5.97 Å². The van der Waals surface area contributed by atoms with Crippen LogP contribution in [0, 0.1) is 6.92 Å². The van der Waals surface area contributed by atoms with E-state index in [1.165, 1.54) is 0 Å². The largest absolute Gasteiger partial charge is 0.486 e. The summed E-state index contributed by atoms with van der Waals surface area (Å²) in [5.41, 5.74) is 3.86. The van der Waals surface area contributed by atoms with Gasteiger partial charge in [0, 0.05) is 42.3 Å². The highest BCUT2D eigenvalue weighted by atomic mass is 16.5. The first-order valence-electron chi connectivity index (χ1n) is 10.6. The Kier molecular flexibility index (Phi) is 6.62. The predicted octanol–water partition coefficient (Wildman–Crippen LogP) is 4.36.